The predicted octanol–water partition coefficient (Wildman–Crippen LogP) is 2.25. The maximum absolute atomic E-state index is 13.6. The molecule has 0 aliphatic heterocycles. The number of hydrogen-bond donors (Lipinski definition) is 1. The lowest BCUT2D eigenvalue weighted by Gasteiger charge is -2.06. The van der Waals surface area contributed by atoms with E-state index in [0.717, 1.165) is 10.6 Å². The molecule has 20 heavy (non-hydrogen) atoms. The average molecular weight is 343 g/mol. The van der Waals surface area contributed by atoms with Crippen molar-refractivity contribution in [1.29, 1.82) is 0 Å². The SMILES string of the molecule is O=c1[nH]nc2ccc(Oc3cc(Br)cc(F)c3F)nn12. The molecule has 0 aliphatic carbocycles. The quantitative estimate of drug-likeness (QED) is 0.725. The van der Waals surface area contributed by atoms with Gasteiger partial charge in [-0.05, 0) is 18.2 Å². The molecule has 0 unspecified atom stereocenters. The van der Waals surface area contributed by atoms with Crippen LogP contribution in [0.4, 0.5) is 8.78 Å². The van der Waals surface area contributed by atoms with E-state index in [1.165, 1.54) is 18.2 Å². The van der Waals surface area contributed by atoms with Crippen molar-refractivity contribution in [2.75, 3.05) is 0 Å². The normalized spacial score (nSPS) is 10.9. The molecule has 1 aromatic carbocycles. The minimum Gasteiger partial charge on any atom is -0.434 e. The van der Waals surface area contributed by atoms with E-state index in [4.69, 9.17) is 4.74 Å². The monoisotopic (exact) mass is 342 g/mol. The summed E-state index contributed by atoms with van der Waals surface area (Å²) in [6.07, 6.45) is 0. The molecule has 2 heterocycles. The van der Waals surface area contributed by atoms with Crippen molar-refractivity contribution >= 4 is 21.6 Å². The van der Waals surface area contributed by atoms with Gasteiger partial charge in [0.15, 0.2) is 17.2 Å². The molecule has 0 spiro atoms. The second-order valence-corrected chi connectivity index (χ2v) is 4.69. The molecule has 0 saturated heterocycles. The molecule has 0 fully saturated rings. The van der Waals surface area contributed by atoms with E-state index in [-0.39, 0.29) is 17.3 Å². The van der Waals surface area contributed by atoms with Gasteiger partial charge in [-0.1, -0.05) is 15.9 Å². The van der Waals surface area contributed by atoms with Gasteiger partial charge < -0.3 is 4.74 Å². The van der Waals surface area contributed by atoms with Crippen LogP contribution in [0.5, 0.6) is 11.6 Å². The number of halogens is 3. The van der Waals surface area contributed by atoms with Crippen LogP contribution in [0.15, 0.2) is 33.5 Å². The maximum atomic E-state index is 13.6. The van der Waals surface area contributed by atoms with Crippen molar-refractivity contribution in [1.82, 2.24) is 19.8 Å². The number of benzene rings is 1. The highest BCUT2D eigenvalue weighted by Gasteiger charge is 2.13. The fourth-order valence-corrected chi connectivity index (χ4v) is 1.97. The Morgan fingerprint density at radius 2 is 2.10 bits per heavy atom. The van der Waals surface area contributed by atoms with Gasteiger partial charge in [0, 0.05) is 10.5 Å². The lowest BCUT2D eigenvalue weighted by Crippen LogP contribution is -2.12. The first-order valence-electron chi connectivity index (χ1n) is 5.31. The summed E-state index contributed by atoms with van der Waals surface area (Å²) >= 11 is 3.03. The summed E-state index contributed by atoms with van der Waals surface area (Å²) in [7, 11) is 0. The van der Waals surface area contributed by atoms with Crippen LogP contribution in [0.25, 0.3) is 5.65 Å². The number of ether oxygens (including phenoxy) is 1. The van der Waals surface area contributed by atoms with Crippen molar-refractivity contribution < 1.29 is 13.5 Å². The van der Waals surface area contributed by atoms with Crippen molar-refractivity contribution in [3.05, 3.63) is 50.9 Å². The van der Waals surface area contributed by atoms with E-state index in [2.05, 4.69) is 31.2 Å². The van der Waals surface area contributed by atoms with Crippen molar-refractivity contribution in [2.24, 2.45) is 0 Å². The molecule has 0 bridgehead atoms. The zero-order valence-electron chi connectivity index (χ0n) is 9.60. The number of nitrogens with zero attached hydrogens (tertiary/aromatic N) is 3. The maximum Gasteiger partial charge on any atom is 0.364 e. The van der Waals surface area contributed by atoms with E-state index in [1.54, 1.807) is 0 Å². The van der Waals surface area contributed by atoms with Crippen LogP contribution < -0.4 is 10.4 Å². The molecule has 0 radical (unpaired) electrons. The molecule has 9 heteroatoms. The van der Waals surface area contributed by atoms with Gasteiger partial charge in [0.1, 0.15) is 0 Å². The van der Waals surface area contributed by atoms with Crippen molar-refractivity contribution in [2.45, 2.75) is 0 Å². The molecule has 0 aliphatic rings. The Balaban J connectivity index is 2.05. The van der Waals surface area contributed by atoms with Crippen LogP contribution in [0, 0.1) is 11.6 Å². The Morgan fingerprint density at radius 3 is 2.90 bits per heavy atom. The summed E-state index contributed by atoms with van der Waals surface area (Å²) in [4.78, 5) is 11.3. The standard InChI is InChI=1S/C11H5BrF2N4O2/c12-5-3-6(13)10(14)7(4-5)20-9-2-1-8-15-16-11(19)18(8)17-9/h1-4H,(H,16,19). The zero-order valence-corrected chi connectivity index (χ0v) is 11.2. The van der Waals surface area contributed by atoms with Gasteiger partial charge in [-0.2, -0.15) is 14.0 Å². The fraction of sp³-hybridized carbons (Fsp3) is 0. The number of nitrogens with one attached hydrogen (secondary N) is 1. The highest BCUT2D eigenvalue weighted by Crippen LogP contribution is 2.28. The summed E-state index contributed by atoms with van der Waals surface area (Å²) in [6.45, 7) is 0. The molecule has 2 aromatic heterocycles. The summed E-state index contributed by atoms with van der Waals surface area (Å²) in [5, 5.41) is 9.69. The van der Waals surface area contributed by atoms with Crippen LogP contribution in [-0.2, 0) is 0 Å². The molecule has 3 rings (SSSR count). The number of H-pyrrole nitrogens is 1. The molecule has 0 saturated carbocycles. The van der Waals surface area contributed by atoms with Gasteiger partial charge in [-0.25, -0.2) is 14.3 Å². The smallest absolute Gasteiger partial charge is 0.364 e. The molecule has 0 amide bonds. The number of aromatic nitrogens is 4. The molecule has 1 N–H and O–H groups in total. The van der Waals surface area contributed by atoms with E-state index in [0.29, 0.717) is 4.47 Å². The number of rotatable bonds is 2. The molecule has 102 valence electrons. The van der Waals surface area contributed by atoms with Crippen LogP contribution in [0.3, 0.4) is 0 Å². The lowest BCUT2D eigenvalue weighted by molar-refractivity contribution is 0.399. The Hall–Kier alpha value is -2.29. The lowest BCUT2D eigenvalue weighted by atomic mass is 10.3. The third-order valence-electron chi connectivity index (χ3n) is 2.42. The third kappa shape index (κ3) is 2.16. The number of fused-ring (bicyclic) bond motifs is 1. The minimum atomic E-state index is -1.14. The largest absolute Gasteiger partial charge is 0.434 e. The fourth-order valence-electron chi connectivity index (χ4n) is 1.56. The second-order valence-electron chi connectivity index (χ2n) is 3.77. The van der Waals surface area contributed by atoms with Gasteiger partial charge >= 0.3 is 5.69 Å². The first kappa shape index (κ1) is 12.7. The first-order valence-corrected chi connectivity index (χ1v) is 6.11. The summed E-state index contributed by atoms with van der Waals surface area (Å²) < 4.78 is 33.2. The summed E-state index contributed by atoms with van der Waals surface area (Å²) in [5.74, 6) is -2.62. The van der Waals surface area contributed by atoms with Crippen LogP contribution in [-0.4, -0.2) is 19.8 Å². The zero-order chi connectivity index (χ0) is 14.3. The van der Waals surface area contributed by atoms with Crippen LogP contribution in [0.1, 0.15) is 0 Å². The molecule has 6 nitrogen and oxygen atoms in total. The summed E-state index contributed by atoms with van der Waals surface area (Å²) in [6, 6.07) is 5.06. The molecular weight excluding hydrogens is 338 g/mol. The van der Waals surface area contributed by atoms with Crippen LogP contribution >= 0.6 is 15.9 Å². The van der Waals surface area contributed by atoms with Crippen molar-refractivity contribution in [3.8, 4) is 11.6 Å². The van der Waals surface area contributed by atoms with Crippen molar-refractivity contribution in [3.63, 3.8) is 0 Å². The Labute approximate surface area is 118 Å². The molecule has 3 aromatic rings. The molecular formula is C11H5BrF2N4O2. The van der Waals surface area contributed by atoms with E-state index >= 15 is 0 Å². The highest BCUT2D eigenvalue weighted by molar-refractivity contribution is 9.10. The van der Waals surface area contributed by atoms with Gasteiger partial charge in [0.25, 0.3) is 0 Å². The molecule has 0 atom stereocenters. The Morgan fingerprint density at radius 1 is 1.30 bits per heavy atom. The minimum absolute atomic E-state index is 0.0719. The van der Waals surface area contributed by atoms with Crippen LogP contribution in [0.2, 0.25) is 0 Å². The Kier molecular flexibility index (Phi) is 2.97. The third-order valence-corrected chi connectivity index (χ3v) is 2.88. The first-order chi connectivity index (χ1) is 9.54. The van der Waals surface area contributed by atoms with Gasteiger partial charge in [0.2, 0.25) is 11.7 Å². The Bertz CT molecular complexity index is 861. The highest BCUT2D eigenvalue weighted by atomic mass is 79.9. The van der Waals surface area contributed by atoms with E-state index in [1.807, 2.05) is 0 Å². The van der Waals surface area contributed by atoms with Gasteiger partial charge in [-0.3, -0.25) is 0 Å². The van der Waals surface area contributed by atoms with Gasteiger partial charge in [-0.15, -0.1) is 5.10 Å². The summed E-state index contributed by atoms with van der Waals surface area (Å²) in [5.41, 5.74) is -0.283. The topological polar surface area (TPSA) is 72.3 Å². The number of aromatic amines is 1. The van der Waals surface area contributed by atoms with Gasteiger partial charge in [0.05, 0.1) is 0 Å². The van der Waals surface area contributed by atoms with E-state index < -0.39 is 17.3 Å². The average Bonchev–Trinajstić information content (AvgIpc) is 2.77. The second kappa shape index (κ2) is 4.67. The predicted molar refractivity (Wildman–Crippen MR) is 67.7 cm³/mol. The van der Waals surface area contributed by atoms with E-state index in [9.17, 15) is 13.6 Å². The number of hydrogen-bond acceptors (Lipinski definition) is 4.